The van der Waals surface area contributed by atoms with E-state index in [1.165, 1.54) is 7.11 Å². The van der Waals surface area contributed by atoms with Gasteiger partial charge in [-0.2, -0.15) is 5.10 Å². The summed E-state index contributed by atoms with van der Waals surface area (Å²) in [5, 5.41) is 4.15. The van der Waals surface area contributed by atoms with Crippen molar-refractivity contribution in [3.63, 3.8) is 0 Å². The predicted octanol–water partition coefficient (Wildman–Crippen LogP) is 2.87. The lowest BCUT2D eigenvalue weighted by Crippen LogP contribution is -2.20. The van der Waals surface area contributed by atoms with Crippen LogP contribution in [0.4, 0.5) is 0 Å². The zero-order valence-corrected chi connectivity index (χ0v) is 14.1. The maximum atomic E-state index is 12.3. The van der Waals surface area contributed by atoms with E-state index in [1.54, 1.807) is 57.5 Å². The summed E-state index contributed by atoms with van der Waals surface area (Å²) < 4.78 is 15.7. The van der Waals surface area contributed by atoms with Crippen LogP contribution in [0.2, 0.25) is 0 Å². The number of amides is 1. The molecule has 0 heterocycles. The maximum Gasteiger partial charge on any atom is 0.275 e. The summed E-state index contributed by atoms with van der Waals surface area (Å²) in [4.78, 5) is 12.3. The molecule has 0 aliphatic carbocycles. The van der Waals surface area contributed by atoms with E-state index >= 15 is 0 Å². The van der Waals surface area contributed by atoms with E-state index in [4.69, 9.17) is 14.2 Å². The highest BCUT2D eigenvalue weighted by atomic mass is 16.5. The lowest BCUT2D eigenvalue weighted by atomic mass is 10.1. The summed E-state index contributed by atoms with van der Waals surface area (Å²) in [6.07, 6.45) is 0. The highest BCUT2D eigenvalue weighted by Gasteiger charge is 2.12. The van der Waals surface area contributed by atoms with Crippen LogP contribution in [0.15, 0.2) is 47.6 Å². The average molecular weight is 328 g/mol. The van der Waals surface area contributed by atoms with Crippen LogP contribution in [-0.4, -0.2) is 32.9 Å². The van der Waals surface area contributed by atoms with Crippen molar-refractivity contribution in [2.24, 2.45) is 5.10 Å². The lowest BCUT2D eigenvalue weighted by Gasteiger charge is -2.11. The third-order valence-electron chi connectivity index (χ3n) is 3.48. The molecule has 2 aromatic carbocycles. The van der Waals surface area contributed by atoms with Gasteiger partial charge in [-0.1, -0.05) is 12.1 Å². The van der Waals surface area contributed by atoms with Crippen LogP contribution >= 0.6 is 0 Å². The number of hydrazone groups is 1. The summed E-state index contributed by atoms with van der Waals surface area (Å²) in [5.41, 5.74) is 4.32. The first-order valence-electron chi connectivity index (χ1n) is 7.30. The van der Waals surface area contributed by atoms with Gasteiger partial charge in [-0.25, -0.2) is 5.43 Å². The van der Waals surface area contributed by atoms with Crippen LogP contribution in [-0.2, 0) is 0 Å². The Kier molecular flexibility index (Phi) is 5.78. The minimum Gasteiger partial charge on any atom is -0.497 e. The Morgan fingerprint density at radius 3 is 2.29 bits per heavy atom. The van der Waals surface area contributed by atoms with Crippen molar-refractivity contribution in [1.29, 1.82) is 0 Å². The van der Waals surface area contributed by atoms with Crippen LogP contribution in [0.25, 0.3) is 0 Å². The molecule has 0 unspecified atom stereocenters. The molecular formula is C18H20N2O4. The molecular weight excluding hydrogens is 308 g/mol. The highest BCUT2D eigenvalue weighted by Crippen LogP contribution is 2.25. The van der Waals surface area contributed by atoms with E-state index in [0.717, 1.165) is 5.56 Å². The summed E-state index contributed by atoms with van der Waals surface area (Å²) in [5.74, 6) is 1.44. The van der Waals surface area contributed by atoms with E-state index in [9.17, 15) is 4.79 Å². The van der Waals surface area contributed by atoms with Crippen LogP contribution in [0.1, 0.15) is 22.8 Å². The quantitative estimate of drug-likeness (QED) is 0.654. The SMILES string of the molecule is COc1ccc(C(C)=NNC(=O)c2ccccc2OC)c(OC)c1. The number of hydrogen-bond donors (Lipinski definition) is 1. The average Bonchev–Trinajstić information content (AvgIpc) is 2.65. The van der Waals surface area contributed by atoms with Gasteiger partial charge in [-0.15, -0.1) is 0 Å². The minimum absolute atomic E-state index is 0.348. The standard InChI is InChI=1S/C18H20N2O4/c1-12(14-10-9-13(22-2)11-17(14)24-4)19-20-18(21)15-7-5-6-8-16(15)23-3/h5-11H,1-4H3,(H,20,21). The molecule has 2 aromatic rings. The second-order valence-electron chi connectivity index (χ2n) is 4.90. The fraction of sp³-hybridized carbons (Fsp3) is 0.222. The van der Waals surface area contributed by atoms with E-state index in [1.807, 2.05) is 6.07 Å². The van der Waals surface area contributed by atoms with Crippen molar-refractivity contribution in [3.8, 4) is 17.2 Å². The first kappa shape index (κ1) is 17.3. The number of para-hydroxylation sites is 1. The van der Waals surface area contributed by atoms with Gasteiger partial charge < -0.3 is 14.2 Å². The molecule has 0 saturated heterocycles. The number of carbonyl (C=O) groups is 1. The number of ether oxygens (including phenoxy) is 3. The largest absolute Gasteiger partial charge is 0.497 e. The third-order valence-corrected chi connectivity index (χ3v) is 3.48. The number of carbonyl (C=O) groups excluding carboxylic acids is 1. The molecule has 6 nitrogen and oxygen atoms in total. The molecule has 0 atom stereocenters. The maximum absolute atomic E-state index is 12.3. The molecule has 0 spiro atoms. The molecule has 0 bridgehead atoms. The number of benzene rings is 2. The second kappa shape index (κ2) is 8.01. The number of rotatable bonds is 6. The van der Waals surface area contributed by atoms with Crippen molar-refractivity contribution < 1.29 is 19.0 Å². The van der Waals surface area contributed by atoms with Crippen molar-refractivity contribution in [3.05, 3.63) is 53.6 Å². The van der Waals surface area contributed by atoms with Gasteiger partial charge in [0.15, 0.2) is 0 Å². The number of hydrogen-bond acceptors (Lipinski definition) is 5. The smallest absolute Gasteiger partial charge is 0.275 e. The van der Waals surface area contributed by atoms with Gasteiger partial charge in [0.05, 0.1) is 32.6 Å². The Hall–Kier alpha value is -3.02. The molecule has 0 saturated carbocycles. The van der Waals surface area contributed by atoms with E-state index in [0.29, 0.717) is 28.5 Å². The van der Waals surface area contributed by atoms with Crippen LogP contribution in [0.3, 0.4) is 0 Å². The van der Waals surface area contributed by atoms with Gasteiger partial charge in [-0.3, -0.25) is 4.79 Å². The summed E-state index contributed by atoms with van der Waals surface area (Å²) in [6.45, 7) is 1.78. The van der Waals surface area contributed by atoms with Crippen molar-refractivity contribution in [2.75, 3.05) is 21.3 Å². The van der Waals surface area contributed by atoms with E-state index in [2.05, 4.69) is 10.5 Å². The topological polar surface area (TPSA) is 69.2 Å². The molecule has 0 fully saturated rings. The third kappa shape index (κ3) is 3.84. The predicted molar refractivity (Wildman–Crippen MR) is 92.2 cm³/mol. The van der Waals surface area contributed by atoms with Crippen LogP contribution < -0.4 is 19.6 Å². The Morgan fingerprint density at radius 2 is 1.62 bits per heavy atom. The molecule has 1 amide bonds. The molecule has 0 radical (unpaired) electrons. The highest BCUT2D eigenvalue weighted by molar-refractivity contribution is 6.03. The Labute approximate surface area is 141 Å². The first-order chi connectivity index (χ1) is 11.6. The molecule has 6 heteroatoms. The van der Waals surface area contributed by atoms with Crippen molar-refractivity contribution in [2.45, 2.75) is 6.92 Å². The van der Waals surface area contributed by atoms with Gasteiger partial charge in [0.2, 0.25) is 0 Å². The van der Waals surface area contributed by atoms with Gasteiger partial charge >= 0.3 is 0 Å². The molecule has 0 aromatic heterocycles. The fourth-order valence-electron chi connectivity index (χ4n) is 2.18. The second-order valence-corrected chi connectivity index (χ2v) is 4.90. The van der Waals surface area contributed by atoms with Crippen LogP contribution in [0, 0.1) is 0 Å². The Bertz CT molecular complexity index is 756. The zero-order chi connectivity index (χ0) is 17.5. The molecule has 2 rings (SSSR count). The van der Waals surface area contributed by atoms with Gasteiger partial charge in [-0.05, 0) is 31.2 Å². The Balaban J connectivity index is 2.21. The number of nitrogens with one attached hydrogen (secondary N) is 1. The molecule has 0 aliphatic heterocycles. The Morgan fingerprint density at radius 1 is 0.917 bits per heavy atom. The molecule has 0 aliphatic rings. The van der Waals surface area contributed by atoms with Crippen molar-refractivity contribution in [1.82, 2.24) is 5.43 Å². The van der Waals surface area contributed by atoms with Gasteiger partial charge in [0.1, 0.15) is 17.2 Å². The zero-order valence-electron chi connectivity index (χ0n) is 14.1. The summed E-state index contributed by atoms with van der Waals surface area (Å²) in [6, 6.07) is 12.3. The fourth-order valence-corrected chi connectivity index (χ4v) is 2.18. The van der Waals surface area contributed by atoms with Crippen LogP contribution in [0.5, 0.6) is 17.2 Å². The summed E-state index contributed by atoms with van der Waals surface area (Å²) in [7, 11) is 4.67. The lowest BCUT2D eigenvalue weighted by molar-refractivity contribution is 0.0952. The van der Waals surface area contributed by atoms with Gasteiger partial charge in [0.25, 0.3) is 5.91 Å². The molecule has 1 N–H and O–H groups in total. The van der Waals surface area contributed by atoms with E-state index in [-0.39, 0.29) is 5.91 Å². The molecule has 24 heavy (non-hydrogen) atoms. The monoisotopic (exact) mass is 328 g/mol. The normalized spacial score (nSPS) is 10.9. The number of methoxy groups -OCH3 is 3. The first-order valence-corrected chi connectivity index (χ1v) is 7.30. The van der Waals surface area contributed by atoms with Crippen molar-refractivity contribution >= 4 is 11.6 Å². The van der Waals surface area contributed by atoms with E-state index < -0.39 is 0 Å². The molecule has 126 valence electrons. The van der Waals surface area contributed by atoms with Gasteiger partial charge in [0, 0.05) is 11.6 Å². The minimum atomic E-state index is -0.348. The summed E-state index contributed by atoms with van der Waals surface area (Å²) >= 11 is 0. The number of nitrogens with zero attached hydrogens (tertiary/aromatic N) is 1.